The van der Waals surface area contributed by atoms with E-state index in [2.05, 4.69) is 42.5 Å². The number of nitrogens with zero attached hydrogens (tertiary/aromatic N) is 1. The first-order valence-corrected chi connectivity index (χ1v) is 7.77. The Kier molecular flexibility index (Phi) is 2.77. The predicted molar refractivity (Wildman–Crippen MR) is 81.5 cm³/mol. The second-order valence-corrected chi connectivity index (χ2v) is 6.41. The third kappa shape index (κ3) is 1.75. The molecule has 2 aromatic rings. The van der Waals surface area contributed by atoms with Gasteiger partial charge in [-0.2, -0.15) is 5.26 Å². The molecule has 1 heteroatoms. The lowest BCUT2D eigenvalue weighted by molar-refractivity contribution is 0.260. The Morgan fingerprint density at radius 1 is 1.00 bits per heavy atom. The molecule has 4 rings (SSSR count). The first-order valence-electron chi connectivity index (χ1n) is 7.77. The number of fused-ring (bicyclic) bond motifs is 2. The van der Waals surface area contributed by atoms with Gasteiger partial charge in [0, 0.05) is 5.92 Å². The van der Waals surface area contributed by atoms with Crippen molar-refractivity contribution in [2.24, 2.45) is 11.8 Å². The third-order valence-electron chi connectivity index (χ3n) is 5.38. The van der Waals surface area contributed by atoms with Crippen LogP contribution in [0, 0.1) is 23.2 Å². The zero-order valence-electron chi connectivity index (χ0n) is 11.7. The Hall–Kier alpha value is -1.81. The lowest BCUT2D eigenvalue weighted by Crippen LogP contribution is -2.22. The zero-order valence-corrected chi connectivity index (χ0v) is 11.7. The fourth-order valence-corrected chi connectivity index (χ4v) is 4.38. The van der Waals surface area contributed by atoms with Crippen LogP contribution in [0.5, 0.6) is 0 Å². The van der Waals surface area contributed by atoms with E-state index in [1.165, 1.54) is 41.2 Å². The number of rotatable bonds is 0. The quantitative estimate of drug-likeness (QED) is 0.667. The monoisotopic (exact) mass is 261 g/mol. The van der Waals surface area contributed by atoms with E-state index in [4.69, 9.17) is 0 Å². The standard InChI is InChI=1S/C19H19N/c20-12-13-7-8-14-9-10-16-4-1-3-15-5-2-6-17(19(15)16)18(14)11-13/h1-6,13-14,18H,7-11H2. The molecular weight excluding hydrogens is 242 g/mol. The van der Waals surface area contributed by atoms with Crippen molar-refractivity contribution in [2.45, 2.75) is 38.0 Å². The molecule has 2 aromatic carbocycles. The summed E-state index contributed by atoms with van der Waals surface area (Å²) >= 11 is 0. The zero-order chi connectivity index (χ0) is 13.5. The van der Waals surface area contributed by atoms with Crippen LogP contribution in [0.15, 0.2) is 36.4 Å². The molecule has 1 nitrogen and oxygen atoms in total. The summed E-state index contributed by atoms with van der Waals surface area (Å²) in [4.78, 5) is 0. The Morgan fingerprint density at radius 2 is 1.85 bits per heavy atom. The van der Waals surface area contributed by atoms with Crippen molar-refractivity contribution in [1.29, 1.82) is 5.26 Å². The van der Waals surface area contributed by atoms with E-state index in [0.717, 1.165) is 18.8 Å². The van der Waals surface area contributed by atoms with Crippen LogP contribution in [0.2, 0.25) is 0 Å². The molecule has 0 spiro atoms. The first kappa shape index (κ1) is 12.0. The van der Waals surface area contributed by atoms with Crippen LogP contribution in [0.4, 0.5) is 0 Å². The molecule has 0 bridgehead atoms. The molecule has 0 aliphatic heterocycles. The smallest absolute Gasteiger partial charge is 0.0656 e. The van der Waals surface area contributed by atoms with E-state index in [9.17, 15) is 5.26 Å². The van der Waals surface area contributed by atoms with Crippen molar-refractivity contribution in [1.82, 2.24) is 0 Å². The van der Waals surface area contributed by atoms with Crippen molar-refractivity contribution < 1.29 is 0 Å². The van der Waals surface area contributed by atoms with Crippen molar-refractivity contribution in [3.8, 4) is 6.07 Å². The van der Waals surface area contributed by atoms with Gasteiger partial charge in [0.05, 0.1) is 6.07 Å². The summed E-state index contributed by atoms with van der Waals surface area (Å²) in [5.74, 6) is 1.63. The van der Waals surface area contributed by atoms with Gasteiger partial charge in [-0.3, -0.25) is 0 Å². The highest BCUT2D eigenvalue weighted by atomic mass is 14.4. The third-order valence-corrected chi connectivity index (χ3v) is 5.38. The number of benzene rings is 2. The summed E-state index contributed by atoms with van der Waals surface area (Å²) in [6.07, 6.45) is 5.88. The first-order chi connectivity index (χ1) is 9.86. The van der Waals surface area contributed by atoms with Gasteiger partial charge < -0.3 is 0 Å². The molecule has 3 atom stereocenters. The minimum absolute atomic E-state index is 0.261. The van der Waals surface area contributed by atoms with E-state index in [1.807, 2.05) is 0 Å². The second-order valence-electron chi connectivity index (χ2n) is 6.41. The molecule has 0 N–H and O–H groups in total. The maximum atomic E-state index is 9.29. The molecule has 0 radical (unpaired) electrons. The van der Waals surface area contributed by atoms with Crippen LogP contribution in [-0.4, -0.2) is 0 Å². The molecule has 0 saturated heterocycles. The van der Waals surface area contributed by atoms with Crippen molar-refractivity contribution >= 4 is 10.8 Å². The summed E-state index contributed by atoms with van der Waals surface area (Å²) in [6, 6.07) is 16.0. The summed E-state index contributed by atoms with van der Waals surface area (Å²) in [5.41, 5.74) is 3.03. The number of aryl methyl sites for hydroxylation is 1. The highest BCUT2D eigenvalue weighted by molar-refractivity contribution is 5.89. The maximum absolute atomic E-state index is 9.29. The highest BCUT2D eigenvalue weighted by Gasteiger charge is 2.34. The average Bonchev–Trinajstić information content (AvgIpc) is 2.67. The topological polar surface area (TPSA) is 23.8 Å². The molecule has 1 fully saturated rings. The summed E-state index contributed by atoms with van der Waals surface area (Å²) in [7, 11) is 0. The van der Waals surface area contributed by atoms with Gasteiger partial charge in [-0.15, -0.1) is 0 Å². The van der Waals surface area contributed by atoms with E-state index in [-0.39, 0.29) is 5.92 Å². The van der Waals surface area contributed by atoms with Crippen LogP contribution >= 0.6 is 0 Å². The van der Waals surface area contributed by atoms with Gasteiger partial charge in [-0.25, -0.2) is 0 Å². The van der Waals surface area contributed by atoms with E-state index in [0.29, 0.717) is 5.92 Å². The van der Waals surface area contributed by atoms with E-state index < -0.39 is 0 Å². The number of hydrogen-bond donors (Lipinski definition) is 0. The largest absolute Gasteiger partial charge is 0.198 e. The van der Waals surface area contributed by atoms with Gasteiger partial charge >= 0.3 is 0 Å². The van der Waals surface area contributed by atoms with Crippen molar-refractivity contribution in [3.05, 3.63) is 47.5 Å². The summed E-state index contributed by atoms with van der Waals surface area (Å²) in [5, 5.41) is 12.2. The Bertz CT molecular complexity index is 689. The lowest BCUT2D eigenvalue weighted by Gasteiger charge is -2.33. The Balaban J connectivity index is 1.91. The number of nitriles is 1. The molecule has 3 unspecified atom stereocenters. The lowest BCUT2D eigenvalue weighted by atomic mass is 9.70. The summed E-state index contributed by atoms with van der Waals surface area (Å²) < 4.78 is 0. The number of hydrogen-bond acceptors (Lipinski definition) is 1. The van der Waals surface area contributed by atoms with Gasteiger partial charge in [0.2, 0.25) is 0 Å². The Labute approximate surface area is 120 Å². The predicted octanol–water partition coefficient (Wildman–Crippen LogP) is 4.81. The molecule has 2 aliphatic rings. The minimum Gasteiger partial charge on any atom is -0.198 e. The average molecular weight is 261 g/mol. The molecular formula is C19H19N. The van der Waals surface area contributed by atoms with Crippen LogP contribution < -0.4 is 0 Å². The van der Waals surface area contributed by atoms with Crippen molar-refractivity contribution in [2.75, 3.05) is 0 Å². The van der Waals surface area contributed by atoms with Crippen LogP contribution in [-0.2, 0) is 6.42 Å². The second kappa shape index (κ2) is 4.63. The maximum Gasteiger partial charge on any atom is 0.0656 e. The van der Waals surface area contributed by atoms with E-state index >= 15 is 0 Å². The van der Waals surface area contributed by atoms with Crippen LogP contribution in [0.25, 0.3) is 10.8 Å². The molecule has 0 amide bonds. The SMILES string of the molecule is N#CC1CCC2CCc3cccc4cccc(c34)C2C1. The summed E-state index contributed by atoms with van der Waals surface area (Å²) in [6.45, 7) is 0. The molecule has 0 aromatic heterocycles. The van der Waals surface area contributed by atoms with Gasteiger partial charge in [0.25, 0.3) is 0 Å². The van der Waals surface area contributed by atoms with Gasteiger partial charge in [0.1, 0.15) is 0 Å². The highest BCUT2D eigenvalue weighted by Crippen LogP contribution is 2.47. The molecule has 100 valence electrons. The fraction of sp³-hybridized carbons (Fsp3) is 0.421. The molecule has 0 heterocycles. The Morgan fingerprint density at radius 3 is 2.70 bits per heavy atom. The van der Waals surface area contributed by atoms with Crippen LogP contribution in [0.1, 0.15) is 42.7 Å². The molecule has 1 saturated carbocycles. The fourth-order valence-electron chi connectivity index (χ4n) is 4.38. The molecule has 2 aliphatic carbocycles. The normalized spacial score (nSPS) is 28.4. The van der Waals surface area contributed by atoms with Crippen molar-refractivity contribution in [3.63, 3.8) is 0 Å². The van der Waals surface area contributed by atoms with Gasteiger partial charge in [-0.05, 0) is 65.8 Å². The van der Waals surface area contributed by atoms with Gasteiger partial charge in [0.15, 0.2) is 0 Å². The minimum atomic E-state index is 0.261. The van der Waals surface area contributed by atoms with Crippen LogP contribution in [0.3, 0.4) is 0 Å². The van der Waals surface area contributed by atoms with Gasteiger partial charge in [-0.1, -0.05) is 36.4 Å². The van der Waals surface area contributed by atoms with E-state index in [1.54, 1.807) is 0 Å². The molecule has 20 heavy (non-hydrogen) atoms.